The van der Waals surface area contributed by atoms with Crippen molar-refractivity contribution in [3.05, 3.63) is 35.4 Å². The van der Waals surface area contributed by atoms with Crippen molar-refractivity contribution in [2.45, 2.75) is 116 Å². The Morgan fingerprint density at radius 3 is 2.03 bits per heavy atom. The number of benzene rings is 1. The lowest BCUT2D eigenvalue weighted by atomic mass is 10.1. The van der Waals surface area contributed by atoms with Crippen LogP contribution >= 0.6 is 0 Å². The number of rotatable bonds is 16. The fourth-order valence-corrected chi connectivity index (χ4v) is 4.00. The van der Waals surface area contributed by atoms with Crippen LogP contribution in [0.5, 0.6) is 0 Å². The van der Waals surface area contributed by atoms with Gasteiger partial charge in [-0.2, -0.15) is 0 Å². The zero-order valence-corrected chi connectivity index (χ0v) is 21.0. The second-order valence-electron chi connectivity index (χ2n) is 8.95. The lowest BCUT2D eigenvalue weighted by molar-refractivity contribution is 0.0487. The number of carboxylic acid groups (broad SMARTS) is 1. The predicted molar refractivity (Wildman–Crippen MR) is 134 cm³/mol. The van der Waals surface area contributed by atoms with E-state index in [1.54, 1.807) is 12.1 Å². The van der Waals surface area contributed by atoms with E-state index >= 15 is 0 Å². The Bertz CT molecular complexity index is 637. The Kier molecular flexibility index (Phi) is 17.3. The first-order valence-corrected chi connectivity index (χ1v) is 13.2. The van der Waals surface area contributed by atoms with Crippen LogP contribution in [0.3, 0.4) is 0 Å². The molecule has 1 fully saturated rings. The van der Waals surface area contributed by atoms with E-state index in [0.29, 0.717) is 12.7 Å². The summed E-state index contributed by atoms with van der Waals surface area (Å²) in [7, 11) is 0. The molecular weight excluding hydrogens is 416 g/mol. The summed E-state index contributed by atoms with van der Waals surface area (Å²) in [4.78, 5) is 22.8. The van der Waals surface area contributed by atoms with Crippen LogP contribution in [0, 0.1) is 0 Å². The van der Waals surface area contributed by atoms with Gasteiger partial charge in [-0.3, -0.25) is 0 Å². The normalized spacial score (nSPS) is 15.0. The number of esters is 1. The van der Waals surface area contributed by atoms with E-state index in [1.165, 1.54) is 89.2 Å². The van der Waals surface area contributed by atoms with Crippen LogP contribution in [0.1, 0.15) is 131 Å². The van der Waals surface area contributed by atoms with Crippen molar-refractivity contribution in [2.24, 2.45) is 0 Å². The summed E-state index contributed by atoms with van der Waals surface area (Å²) in [5, 5.41) is 9.00. The molecule has 1 heterocycles. The minimum atomic E-state index is -1.11. The molecule has 1 aliphatic heterocycles. The zero-order valence-electron chi connectivity index (χ0n) is 21.0. The molecule has 0 amide bonds. The predicted octanol–water partition coefficient (Wildman–Crippen LogP) is 7.82. The van der Waals surface area contributed by atoms with Crippen LogP contribution in [0.15, 0.2) is 24.3 Å². The Labute approximate surface area is 201 Å². The number of unbranched alkanes of at least 4 members (excludes halogenated alkanes) is 10. The molecule has 5 nitrogen and oxygen atoms in total. The number of hydrogen-bond acceptors (Lipinski definition) is 4. The molecule has 0 radical (unpaired) electrons. The molecule has 0 aliphatic carbocycles. The molecule has 1 aromatic carbocycles. The van der Waals surface area contributed by atoms with Crippen molar-refractivity contribution in [1.29, 1.82) is 0 Å². The molecule has 0 aromatic heterocycles. The average molecular weight is 463 g/mol. The van der Waals surface area contributed by atoms with Crippen LogP contribution in [0.25, 0.3) is 0 Å². The molecule has 1 aromatic rings. The first kappa shape index (κ1) is 29.2. The highest BCUT2D eigenvalue weighted by atomic mass is 16.5. The van der Waals surface area contributed by atoms with Crippen LogP contribution in [-0.4, -0.2) is 36.4 Å². The quantitative estimate of drug-likeness (QED) is 0.200. The van der Waals surface area contributed by atoms with E-state index < -0.39 is 11.9 Å². The molecule has 1 N–H and O–H groups in total. The van der Waals surface area contributed by atoms with Gasteiger partial charge in [0.1, 0.15) is 0 Å². The maximum absolute atomic E-state index is 11.8. The summed E-state index contributed by atoms with van der Waals surface area (Å²) < 4.78 is 10.7. The van der Waals surface area contributed by atoms with E-state index in [1.807, 2.05) is 0 Å². The molecule has 1 unspecified atom stereocenters. The third-order valence-electron chi connectivity index (χ3n) is 6.01. The van der Waals surface area contributed by atoms with Gasteiger partial charge in [0, 0.05) is 6.61 Å². The number of aromatic carboxylic acids is 1. The molecule has 1 aliphatic rings. The largest absolute Gasteiger partial charge is 0.478 e. The fourth-order valence-electron chi connectivity index (χ4n) is 4.00. The van der Waals surface area contributed by atoms with Crippen LogP contribution in [-0.2, 0) is 9.47 Å². The van der Waals surface area contributed by atoms with Gasteiger partial charge in [-0.05, 0) is 37.8 Å². The van der Waals surface area contributed by atoms with E-state index in [-0.39, 0.29) is 11.1 Å². The van der Waals surface area contributed by atoms with Gasteiger partial charge in [0.25, 0.3) is 0 Å². The molecule has 2 rings (SSSR count). The summed E-state index contributed by atoms with van der Waals surface area (Å²) in [5.41, 5.74) is 0.103. The Hall–Kier alpha value is -1.88. The van der Waals surface area contributed by atoms with Gasteiger partial charge in [0.2, 0.25) is 0 Å². The molecule has 5 heteroatoms. The van der Waals surface area contributed by atoms with Crippen molar-refractivity contribution < 1.29 is 24.2 Å². The number of carboxylic acids is 1. The highest BCUT2D eigenvalue weighted by Gasteiger charge is 2.16. The molecule has 1 atom stereocenters. The van der Waals surface area contributed by atoms with Gasteiger partial charge >= 0.3 is 11.9 Å². The van der Waals surface area contributed by atoms with E-state index in [4.69, 9.17) is 14.6 Å². The van der Waals surface area contributed by atoms with Gasteiger partial charge in [0.15, 0.2) is 0 Å². The van der Waals surface area contributed by atoms with Crippen molar-refractivity contribution in [3.8, 4) is 0 Å². The highest BCUT2D eigenvalue weighted by Crippen LogP contribution is 2.18. The van der Waals surface area contributed by atoms with Crippen molar-refractivity contribution in [3.63, 3.8) is 0 Å². The van der Waals surface area contributed by atoms with E-state index in [0.717, 1.165) is 25.9 Å². The smallest absolute Gasteiger partial charge is 0.339 e. The summed E-state index contributed by atoms with van der Waals surface area (Å²) in [6, 6.07) is 6.11. The molecule has 0 bridgehead atoms. The van der Waals surface area contributed by atoms with Crippen LogP contribution < -0.4 is 0 Å². The standard InChI is InChI=1S/C16H22O4.C12H24O/c1-2-3-4-5-6-9-12-20-16(19)14-11-8-7-10-13(14)15(17)18;1-2-3-4-5-6-7-9-12-10-8-11-13-12/h7-8,10-11H,2-6,9,12H2,1H3,(H,17,18);12H,2-11H2,1H3. The third-order valence-corrected chi connectivity index (χ3v) is 6.01. The Morgan fingerprint density at radius 1 is 0.879 bits per heavy atom. The minimum absolute atomic E-state index is 0.0135. The number of carbonyl (C=O) groups is 2. The first-order chi connectivity index (χ1) is 16.1. The first-order valence-electron chi connectivity index (χ1n) is 13.2. The SMILES string of the molecule is CCCCCCCCC1CCCO1.CCCCCCCCOC(=O)c1ccccc1C(=O)O. The highest BCUT2D eigenvalue weighted by molar-refractivity contribution is 6.02. The summed E-state index contributed by atoms with van der Waals surface area (Å²) in [5.74, 6) is -1.67. The molecule has 33 heavy (non-hydrogen) atoms. The van der Waals surface area contributed by atoms with E-state index in [9.17, 15) is 9.59 Å². The van der Waals surface area contributed by atoms with Gasteiger partial charge in [0.05, 0.1) is 23.8 Å². The van der Waals surface area contributed by atoms with E-state index in [2.05, 4.69) is 13.8 Å². The van der Waals surface area contributed by atoms with Gasteiger partial charge in [-0.1, -0.05) is 96.6 Å². The maximum atomic E-state index is 11.8. The average Bonchev–Trinajstić information content (AvgIpc) is 3.34. The van der Waals surface area contributed by atoms with Gasteiger partial charge in [-0.25, -0.2) is 9.59 Å². The van der Waals surface area contributed by atoms with Crippen LogP contribution in [0.2, 0.25) is 0 Å². The molecule has 188 valence electrons. The Morgan fingerprint density at radius 2 is 1.45 bits per heavy atom. The second-order valence-corrected chi connectivity index (χ2v) is 8.95. The lowest BCUT2D eigenvalue weighted by Crippen LogP contribution is -2.12. The molecule has 0 saturated carbocycles. The summed E-state index contributed by atoms with van der Waals surface area (Å²) >= 11 is 0. The van der Waals surface area contributed by atoms with Crippen molar-refractivity contribution in [1.82, 2.24) is 0 Å². The monoisotopic (exact) mass is 462 g/mol. The molecular formula is C28H46O5. The second kappa shape index (κ2) is 19.6. The fraction of sp³-hybridized carbons (Fsp3) is 0.714. The van der Waals surface area contributed by atoms with Crippen molar-refractivity contribution >= 4 is 11.9 Å². The zero-order chi connectivity index (χ0) is 24.2. The van der Waals surface area contributed by atoms with Gasteiger partial charge < -0.3 is 14.6 Å². The minimum Gasteiger partial charge on any atom is -0.478 e. The summed E-state index contributed by atoms with van der Waals surface area (Å²) in [6.07, 6.45) is 19.6. The maximum Gasteiger partial charge on any atom is 0.339 e. The lowest BCUT2D eigenvalue weighted by Gasteiger charge is -2.08. The third kappa shape index (κ3) is 14.1. The number of carbonyl (C=O) groups excluding carboxylic acids is 1. The topological polar surface area (TPSA) is 72.8 Å². The molecule has 0 spiro atoms. The van der Waals surface area contributed by atoms with Gasteiger partial charge in [-0.15, -0.1) is 0 Å². The molecule has 1 saturated heterocycles. The Balaban J connectivity index is 0.000000361. The van der Waals surface area contributed by atoms with Crippen LogP contribution in [0.4, 0.5) is 0 Å². The number of ether oxygens (including phenoxy) is 2. The summed E-state index contributed by atoms with van der Waals surface area (Å²) in [6.45, 7) is 5.80. The number of hydrogen-bond donors (Lipinski definition) is 1. The van der Waals surface area contributed by atoms with Crippen molar-refractivity contribution in [2.75, 3.05) is 13.2 Å².